The van der Waals surface area contributed by atoms with Crippen LogP contribution in [-0.4, -0.2) is 44.8 Å². The molecule has 2 aromatic rings. The van der Waals surface area contributed by atoms with E-state index in [0.29, 0.717) is 6.54 Å². The number of nitrogens with one attached hydrogen (secondary N) is 1. The Bertz CT molecular complexity index is 855. The van der Waals surface area contributed by atoms with Gasteiger partial charge in [-0.1, -0.05) is 6.92 Å². The van der Waals surface area contributed by atoms with Gasteiger partial charge in [-0.15, -0.1) is 0 Å². The van der Waals surface area contributed by atoms with Gasteiger partial charge in [0.05, 0.1) is 12.2 Å². The zero-order valence-electron chi connectivity index (χ0n) is 17.8. The second kappa shape index (κ2) is 8.51. The molecule has 0 spiro atoms. The molecule has 1 aliphatic carbocycles. The van der Waals surface area contributed by atoms with Crippen LogP contribution in [0.5, 0.6) is 0 Å². The molecule has 0 aromatic carbocycles. The molecule has 0 saturated carbocycles. The molecule has 7 nitrogen and oxygen atoms in total. The minimum atomic E-state index is -0.00501. The zero-order chi connectivity index (χ0) is 20.4. The summed E-state index contributed by atoms with van der Waals surface area (Å²) in [5.74, 6) is 1.78. The first-order valence-electron chi connectivity index (χ1n) is 10.9. The lowest BCUT2D eigenvalue weighted by atomic mass is 9.86. The lowest BCUT2D eigenvalue weighted by Gasteiger charge is -2.31. The van der Waals surface area contributed by atoms with Gasteiger partial charge in [-0.25, -0.2) is 9.97 Å². The SMILES string of the molecule is Cc1ccn(CC(C)NC(=O)C2CCc3nc(N4CCC(C)CC4)ncc3C2)n1. The number of hydrogen-bond donors (Lipinski definition) is 1. The molecule has 2 unspecified atom stereocenters. The fourth-order valence-corrected chi connectivity index (χ4v) is 4.33. The molecule has 4 rings (SSSR count). The predicted molar refractivity (Wildman–Crippen MR) is 113 cm³/mol. The molecule has 0 bridgehead atoms. The Morgan fingerprint density at radius 3 is 2.83 bits per heavy atom. The van der Waals surface area contributed by atoms with Crippen molar-refractivity contribution in [2.75, 3.05) is 18.0 Å². The second-order valence-corrected chi connectivity index (χ2v) is 8.84. The molecule has 1 N–H and O–H groups in total. The van der Waals surface area contributed by atoms with E-state index in [2.05, 4.69) is 27.2 Å². The van der Waals surface area contributed by atoms with Crippen LogP contribution in [0.4, 0.5) is 5.95 Å². The molecule has 2 aliphatic rings. The van der Waals surface area contributed by atoms with Crippen LogP contribution in [0.3, 0.4) is 0 Å². The van der Waals surface area contributed by atoms with Gasteiger partial charge >= 0.3 is 0 Å². The Morgan fingerprint density at radius 2 is 2.10 bits per heavy atom. The second-order valence-electron chi connectivity index (χ2n) is 8.84. The van der Waals surface area contributed by atoms with Crippen LogP contribution >= 0.6 is 0 Å². The monoisotopic (exact) mass is 396 g/mol. The number of carbonyl (C=O) groups excluding carboxylic acids is 1. The maximum Gasteiger partial charge on any atom is 0.225 e. The lowest BCUT2D eigenvalue weighted by molar-refractivity contribution is -0.126. The predicted octanol–water partition coefficient (Wildman–Crippen LogP) is 2.53. The molecule has 156 valence electrons. The summed E-state index contributed by atoms with van der Waals surface area (Å²) in [6.07, 6.45) is 8.74. The maximum atomic E-state index is 12.8. The molecule has 1 aliphatic heterocycles. The standard InChI is InChI=1S/C22H32N6O/c1-15-6-9-27(10-7-15)22-23-13-19-12-18(4-5-20(19)25-22)21(29)24-17(3)14-28-11-8-16(2)26-28/h8,11,13,15,17-18H,4-7,9-10,12,14H2,1-3H3,(H,24,29). The highest BCUT2D eigenvalue weighted by Gasteiger charge is 2.28. The van der Waals surface area contributed by atoms with Crippen molar-refractivity contribution in [3.8, 4) is 0 Å². The normalized spacial score (nSPS) is 20.9. The minimum absolute atomic E-state index is 0.00501. The van der Waals surface area contributed by atoms with Crippen molar-refractivity contribution in [3.63, 3.8) is 0 Å². The van der Waals surface area contributed by atoms with Crippen molar-refractivity contribution in [3.05, 3.63) is 35.4 Å². The van der Waals surface area contributed by atoms with Crippen LogP contribution in [0.15, 0.2) is 18.5 Å². The minimum Gasteiger partial charge on any atom is -0.352 e. The Hall–Kier alpha value is -2.44. The van der Waals surface area contributed by atoms with Crippen molar-refractivity contribution in [1.82, 2.24) is 25.1 Å². The summed E-state index contributed by atoms with van der Waals surface area (Å²) in [5, 5.41) is 7.55. The van der Waals surface area contributed by atoms with E-state index in [4.69, 9.17) is 4.98 Å². The van der Waals surface area contributed by atoms with E-state index in [-0.39, 0.29) is 17.9 Å². The van der Waals surface area contributed by atoms with Crippen molar-refractivity contribution in [1.29, 1.82) is 0 Å². The van der Waals surface area contributed by atoms with Gasteiger partial charge in [-0.2, -0.15) is 5.10 Å². The van der Waals surface area contributed by atoms with Gasteiger partial charge in [0.25, 0.3) is 0 Å². The lowest BCUT2D eigenvalue weighted by Crippen LogP contribution is -2.41. The summed E-state index contributed by atoms with van der Waals surface area (Å²) < 4.78 is 1.88. The van der Waals surface area contributed by atoms with Gasteiger partial charge in [0.2, 0.25) is 11.9 Å². The summed E-state index contributed by atoms with van der Waals surface area (Å²) in [4.78, 5) is 24.5. The number of rotatable bonds is 5. The highest BCUT2D eigenvalue weighted by Crippen LogP contribution is 2.27. The summed E-state index contributed by atoms with van der Waals surface area (Å²) in [5.41, 5.74) is 3.24. The Kier molecular flexibility index (Phi) is 5.83. The number of carbonyl (C=O) groups is 1. The molecule has 1 fully saturated rings. The first-order chi connectivity index (χ1) is 14.0. The smallest absolute Gasteiger partial charge is 0.225 e. The number of hydrogen-bond acceptors (Lipinski definition) is 5. The summed E-state index contributed by atoms with van der Waals surface area (Å²) >= 11 is 0. The van der Waals surface area contributed by atoms with E-state index >= 15 is 0 Å². The van der Waals surface area contributed by atoms with Gasteiger partial charge in [-0.3, -0.25) is 9.48 Å². The molecule has 1 amide bonds. The third-order valence-electron chi connectivity index (χ3n) is 6.20. The van der Waals surface area contributed by atoms with Crippen LogP contribution in [0.2, 0.25) is 0 Å². The molecule has 3 heterocycles. The highest BCUT2D eigenvalue weighted by molar-refractivity contribution is 5.79. The van der Waals surface area contributed by atoms with E-state index in [1.165, 1.54) is 12.8 Å². The number of piperidine rings is 1. The van der Waals surface area contributed by atoms with Gasteiger partial charge in [0.1, 0.15) is 0 Å². The number of aromatic nitrogens is 4. The van der Waals surface area contributed by atoms with E-state index < -0.39 is 0 Å². The highest BCUT2D eigenvalue weighted by atomic mass is 16.1. The summed E-state index contributed by atoms with van der Waals surface area (Å²) in [7, 11) is 0. The van der Waals surface area contributed by atoms with Crippen LogP contribution in [0.1, 0.15) is 50.1 Å². The third-order valence-corrected chi connectivity index (χ3v) is 6.20. The van der Waals surface area contributed by atoms with Crippen molar-refractivity contribution < 1.29 is 4.79 Å². The van der Waals surface area contributed by atoms with Gasteiger partial charge in [0.15, 0.2) is 0 Å². The van der Waals surface area contributed by atoms with Crippen LogP contribution < -0.4 is 10.2 Å². The average Bonchev–Trinajstić information content (AvgIpc) is 3.12. The molecule has 1 saturated heterocycles. The molecule has 0 radical (unpaired) electrons. The van der Waals surface area contributed by atoms with Crippen molar-refractivity contribution >= 4 is 11.9 Å². The Morgan fingerprint density at radius 1 is 1.31 bits per heavy atom. The third kappa shape index (κ3) is 4.77. The summed E-state index contributed by atoms with van der Waals surface area (Å²) in [6.45, 7) is 9.08. The number of anilines is 1. The molecule has 7 heteroatoms. The van der Waals surface area contributed by atoms with E-state index in [1.54, 1.807) is 0 Å². The number of aryl methyl sites for hydroxylation is 2. The molecule has 29 heavy (non-hydrogen) atoms. The van der Waals surface area contributed by atoms with Crippen LogP contribution in [0.25, 0.3) is 0 Å². The maximum absolute atomic E-state index is 12.8. The zero-order valence-corrected chi connectivity index (χ0v) is 17.8. The molecular formula is C22H32N6O. The van der Waals surface area contributed by atoms with Gasteiger partial charge < -0.3 is 10.2 Å². The van der Waals surface area contributed by atoms with E-state index in [1.807, 2.05) is 37.0 Å². The molecule has 2 atom stereocenters. The molecule has 2 aromatic heterocycles. The Labute approximate surface area is 172 Å². The first-order valence-corrected chi connectivity index (χ1v) is 10.9. The van der Waals surface area contributed by atoms with Gasteiger partial charge in [-0.05, 0) is 63.5 Å². The van der Waals surface area contributed by atoms with Gasteiger partial charge in [0, 0.05) is 43.1 Å². The Balaban J connectivity index is 1.34. The average molecular weight is 397 g/mol. The van der Waals surface area contributed by atoms with Crippen LogP contribution in [0, 0.1) is 18.8 Å². The summed E-state index contributed by atoms with van der Waals surface area (Å²) in [6, 6.07) is 2.02. The first kappa shape index (κ1) is 19.9. The van der Waals surface area contributed by atoms with Crippen LogP contribution in [-0.2, 0) is 24.2 Å². The number of nitrogens with zero attached hydrogens (tertiary/aromatic N) is 5. The van der Waals surface area contributed by atoms with E-state index in [0.717, 1.165) is 61.2 Å². The fraction of sp³-hybridized carbons (Fsp3) is 0.636. The fourth-order valence-electron chi connectivity index (χ4n) is 4.33. The number of fused-ring (bicyclic) bond motifs is 1. The quantitative estimate of drug-likeness (QED) is 0.840. The van der Waals surface area contributed by atoms with Crippen molar-refractivity contribution in [2.24, 2.45) is 11.8 Å². The topological polar surface area (TPSA) is 75.9 Å². The van der Waals surface area contributed by atoms with E-state index in [9.17, 15) is 4.79 Å². The largest absolute Gasteiger partial charge is 0.352 e. The number of amides is 1. The van der Waals surface area contributed by atoms with Crippen molar-refractivity contribution in [2.45, 2.75) is 65.5 Å². The molecular weight excluding hydrogens is 364 g/mol.